The summed E-state index contributed by atoms with van der Waals surface area (Å²) >= 11 is 0. The van der Waals surface area contributed by atoms with Crippen molar-refractivity contribution in [3.63, 3.8) is 0 Å². The zero-order chi connectivity index (χ0) is 14.3. The topological polar surface area (TPSA) is 77.5 Å². The number of anilines is 1. The Bertz CT molecular complexity index is 609. The summed E-state index contributed by atoms with van der Waals surface area (Å²) < 4.78 is 0. The molecule has 0 unspecified atom stereocenters. The van der Waals surface area contributed by atoms with Crippen LogP contribution in [0.1, 0.15) is 23.2 Å². The van der Waals surface area contributed by atoms with Crippen molar-refractivity contribution in [3.8, 4) is 0 Å². The Morgan fingerprint density at radius 2 is 1.60 bits per heavy atom. The van der Waals surface area contributed by atoms with E-state index in [1.165, 1.54) is 18.2 Å². The number of nitrogens with zero attached hydrogens (tertiary/aromatic N) is 1. The lowest BCUT2D eigenvalue weighted by molar-refractivity contribution is -0.254. The lowest BCUT2D eigenvalue weighted by Crippen LogP contribution is -2.34. The van der Waals surface area contributed by atoms with Gasteiger partial charge in [-0.25, -0.2) is 4.90 Å². The van der Waals surface area contributed by atoms with Crippen molar-refractivity contribution >= 4 is 23.5 Å². The van der Waals surface area contributed by atoms with Gasteiger partial charge in [-0.05, 0) is 18.9 Å². The van der Waals surface area contributed by atoms with Gasteiger partial charge >= 0.3 is 0 Å². The zero-order valence-electron chi connectivity index (χ0n) is 10.6. The van der Waals surface area contributed by atoms with Crippen LogP contribution in [0, 0.1) is 11.8 Å². The summed E-state index contributed by atoms with van der Waals surface area (Å²) in [4.78, 5) is 36.9. The molecule has 1 saturated heterocycles. The van der Waals surface area contributed by atoms with Crippen molar-refractivity contribution in [2.45, 2.75) is 12.8 Å². The normalized spacial score (nSPS) is 24.9. The number of hydrogen-bond donors (Lipinski definition) is 0. The number of para-hydroxylation sites is 1. The lowest BCUT2D eigenvalue weighted by atomic mass is 9.85. The van der Waals surface area contributed by atoms with Gasteiger partial charge in [0.1, 0.15) is 0 Å². The first-order chi connectivity index (χ1) is 9.61. The summed E-state index contributed by atoms with van der Waals surface area (Å²) in [6.45, 7) is 0. The predicted octanol–water partition coefficient (Wildman–Crippen LogP) is 0.506. The SMILES string of the molecule is O=C([O-])c1ccccc1N1C(=O)[C@@H]2CC=CC[C@H]2C1=O. The molecule has 2 amide bonds. The van der Waals surface area contributed by atoms with Gasteiger partial charge < -0.3 is 9.90 Å². The van der Waals surface area contributed by atoms with E-state index >= 15 is 0 Å². The highest BCUT2D eigenvalue weighted by atomic mass is 16.4. The minimum atomic E-state index is -1.39. The van der Waals surface area contributed by atoms with Crippen LogP contribution in [0.25, 0.3) is 0 Å². The fourth-order valence-corrected chi connectivity index (χ4v) is 2.88. The van der Waals surface area contributed by atoms with Gasteiger partial charge in [-0.1, -0.05) is 30.4 Å². The summed E-state index contributed by atoms with van der Waals surface area (Å²) in [5, 5.41) is 11.1. The molecule has 1 aliphatic heterocycles. The van der Waals surface area contributed by atoms with E-state index in [1.807, 2.05) is 12.2 Å². The number of fused-ring (bicyclic) bond motifs is 1. The van der Waals surface area contributed by atoms with Crippen LogP contribution in [0.4, 0.5) is 5.69 Å². The van der Waals surface area contributed by atoms with Crippen LogP contribution in [-0.2, 0) is 9.59 Å². The fraction of sp³-hybridized carbons (Fsp3) is 0.267. The van der Waals surface area contributed by atoms with Crippen molar-refractivity contribution in [2.75, 3.05) is 4.90 Å². The highest BCUT2D eigenvalue weighted by Gasteiger charge is 2.48. The first kappa shape index (κ1) is 12.6. The summed E-state index contributed by atoms with van der Waals surface area (Å²) in [6.07, 6.45) is 4.83. The number of carbonyl (C=O) groups is 3. The molecule has 1 fully saturated rings. The molecular weight excluding hydrogens is 258 g/mol. The number of rotatable bonds is 2. The van der Waals surface area contributed by atoms with Gasteiger partial charge in [0.2, 0.25) is 11.8 Å². The molecule has 0 spiro atoms. The number of aromatic carboxylic acids is 1. The Hall–Kier alpha value is -2.43. The van der Waals surface area contributed by atoms with Crippen molar-refractivity contribution < 1.29 is 19.5 Å². The van der Waals surface area contributed by atoms with Crippen LogP contribution >= 0.6 is 0 Å². The van der Waals surface area contributed by atoms with E-state index in [4.69, 9.17) is 0 Å². The molecule has 1 aromatic rings. The van der Waals surface area contributed by atoms with Gasteiger partial charge in [0, 0.05) is 5.56 Å². The largest absolute Gasteiger partial charge is 0.545 e. The highest BCUT2D eigenvalue weighted by molar-refractivity contribution is 6.23. The number of carbonyl (C=O) groups excluding carboxylic acids is 3. The number of carboxylic acid groups (broad SMARTS) is 1. The van der Waals surface area contributed by atoms with Crippen molar-refractivity contribution in [3.05, 3.63) is 42.0 Å². The lowest BCUT2D eigenvalue weighted by Gasteiger charge is -2.19. The Morgan fingerprint density at radius 3 is 2.15 bits per heavy atom. The first-order valence-electron chi connectivity index (χ1n) is 6.44. The zero-order valence-corrected chi connectivity index (χ0v) is 10.6. The minimum Gasteiger partial charge on any atom is -0.545 e. The molecule has 1 heterocycles. The van der Waals surface area contributed by atoms with Crippen molar-refractivity contribution in [2.24, 2.45) is 11.8 Å². The van der Waals surface area contributed by atoms with Crippen molar-refractivity contribution in [1.82, 2.24) is 0 Å². The van der Waals surface area contributed by atoms with Crippen LogP contribution in [-0.4, -0.2) is 17.8 Å². The fourth-order valence-electron chi connectivity index (χ4n) is 2.88. The van der Waals surface area contributed by atoms with E-state index in [-0.39, 0.29) is 34.9 Å². The summed E-state index contributed by atoms with van der Waals surface area (Å²) in [5.41, 5.74) is -0.0299. The third-order valence-electron chi connectivity index (χ3n) is 3.87. The number of hydrogen-bond acceptors (Lipinski definition) is 4. The molecule has 102 valence electrons. The van der Waals surface area contributed by atoms with Gasteiger partial charge in [-0.2, -0.15) is 0 Å². The number of imide groups is 1. The molecule has 3 rings (SSSR count). The molecule has 0 bridgehead atoms. The molecule has 20 heavy (non-hydrogen) atoms. The number of allylic oxidation sites excluding steroid dienone is 2. The first-order valence-corrected chi connectivity index (χ1v) is 6.44. The second-order valence-electron chi connectivity index (χ2n) is 4.97. The maximum Gasteiger partial charge on any atom is 0.238 e. The Morgan fingerprint density at radius 1 is 1.05 bits per heavy atom. The maximum absolute atomic E-state index is 12.4. The molecule has 5 heteroatoms. The van der Waals surface area contributed by atoms with E-state index in [1.54, 1.807) is 6.07 Å². The minimum absolute atomic E-state index is 0.108. The molecular formula is C15H12NO4-. The summed E-state index contributed by atoms with van der Waals surface area (Å²) in [6, 6.07) is 5.94. The number of amides is 2. The predicted molar refractivity (Wildman–Crippen MR) is 68.6 cm³/mol. The highest BCUT2D eigenvalue weighted by Crippen LogP contribution is 2.38. The van der Waals surface area contributed by atoms with Gasteiger partial charge in [0.15, 0.2) is 0 Å². The molecule has 0 saturated carbocycles. The van der Waals surface area contributed by atoms with E-state index < -0.39 is 5.97 Å². The van der Waals surface area contributed by atoms with E-state index in [0.29, 0.717) is 12.8 Å². The third kappa shape index (κ3) is 1.74. The molecule has 5 nitrogen and oxygen atoms in total. The van der Waals surface area contributed by atoms with E-state index in [9.17, 15) is 19.5 Å². The Kier molecular flexibility index (Phi) is 2.89. The van der Waals surface area contributed by atoms with E-state index in [0.717, 1.165) is 4.90 Å². The molecule has 1 aliphatic carbocycles. The average molecular weight is 270 g/mol. The van der Waals surface area contributed by atoms with Gasteiger partial charge in [-0.3, -0.25) is 9.59 Å². The number of benzene rings is 1. The maximum atomic E-state index is 12.4. The standard InChI is InChI=1S/C15H13NO4/c17-13-9-5-1-2-6-10(9)14(18)16(13)12-8-4-3-7-11(12)15(19)20/h1-4,7-10H,5-6H2,(H,19,20)/p-1/t9-,10-/m1/s1. The van der Waals surface area contributed by atoms with Gasteiger partial charge in [-0.15, -0.1) is 0 Å². The molecule has 0 aromatic heterocycles. The number of carboxylic acids is 1. The second-order valence-corrected chi connectivity index (χ2v) is 4.97. The molecule has 2 atom stereocenters. The van der Waals surface area contributed by atoms with Gasteiger partial charge in [0.05, 0.1) is 23.5 Å². The van der Waals surface area contributed by atoms with Crippen LogP contribution in [0.15, 0.2) is 36.4 Å². The Balaban J connectivity index is 2.06. The quantitative estimate of drug-likeness (QED) is 0.579. The average Bonchev–Trinajstić information content (AvgIpc) is 2.71. The Labute approximate surface area is 115 Å². The monoisotopic (exact) mass is 270 g/mol. The third-order valence-corrected chi connectivity index (χ3v) is 3.87. The molecule has 2 aliphatic rings. The van der Waals surface area contributed by atoms with Crippen molar-refractivity contribution in [1.29, 1.82) is 0 Å². The molecule has 1 aromatic carbocycles. The molecule has 0 radical (unpaired) electrons. The summed E-state index contributed by atoms with van der Waals surface area (Å²) in [7, 11) is 0. The van der Waals surface area contributed by atoms with Crippen LogP contribution in [0.5, 0.6) is 0 Å². The van der Waals surface area contributed by atoms with Crippen LogP contribution in [0.2, 0.25) is 0 Å². The van der Waals surface area contributed by atoms with E-state index in [2.05, 4.69) is 0 Å². The van der Waals surface area contributed by atoms with Crippen LogP contribution in [0.3, 0.4) is 0 Å². The summed E-state index contributed by atoms with van der Waals surface area (Å²) in [5.74, 6) is -2.78. The molecule has 0 N–H and O–H groups in total. The van der Waals surface area contributed by atoms with Crippen LogP contribution < -0.4 is 10.0 Å². The van der Waals surface area contributed by atoms with Gasteiger partial charge in [0.25, 0.3) is 0 Å². The smallest absolute Gasteiger partial charge is 0.238 e. The second kappa shape index (κ2) is 4.59.